The van der Waals surface area contributed by atoms with Gasteiger partial charge in [-0.3, -0.25) is 4.79 Å². The molecule has 0 unspecified atom stereocenters. The lowest BCUT2D eigenvalue weighted by Gasteiger charge is -2.16. The molecule has 0 atom stereocenters. The summed E-state index contributed by atoms with van der Waals surface area (Å²) in [5, 5.41) is 0. The summed E-state index contributed by atoms with van der Waals surface area (Å²) in [6.07, 6.45) is 3.54. The molecule has 1 aliphatic carbocycles. The van der Waals surface area contributed by atoms with Crippen LogP contribution < -0.4 is 4.80 Å². The summed E-state index contributed by atoms with van der Waals surface area (Å²) < 4.78 is 30.6. The van der Waals surface area contributed by atoms with E-state index in [1.165, 1.54) is 39.9 Å². The molecular formula is C21H20BrN3O3S2. The molecule has 1 saturated carbocycles. The zero-order valence-corrected chi connectivity index (χ0v) is 19.5. The Morgan fingerprint density at radius 3 is 2.63 bits per heavy atom. The number of hydrogen-bond acceptors (Lipinski definition) is 4. The summed E-state index contributed by atoms with van der Waals surface area (Å²) >= 11 is 4.88. The lowest BCUT2D eigenvalue weighted by Crippen LogP contribution is -2.28. The Morgan fingerprint density at radius 1 is 1.30 bits per heavy atom. The van der Waals surface area contributed by atoms with Gasteiger partial charge in [-0.2, -0.15) is 9.30 Å². The highest BCUT2D eigenvalue weighted by molar-refractivity contribution is 9.10. The van der Waals surface area contributed by atoms with Crippen LogP contribution in [0.4, 0.5) is 0 Å². The molecule has 0 N–H and O–H groups in total. The summed E-state index contributed by atoms with van der Waals surface area (Å²) in [4.78, 5) is 17.8. The second-order valence-electron chi connectivity index (χ2n) is 7.09. The number of benzene rings is 2. The molecule has 0 bridgehead atoms. The van der Waals surface area contributed by atoms with Gasteiger partial charge in [0.25, 0.3) is 5.91 Å². The largest absolute Gasteiger partial charge is 0.312 e. The average molecular weight is 506 g/mol. The van der Waals surface area contributed by atoms with Crippen molar-refractivity contribution in [3.8, 4) is 0 Å². The molecule has 0 aliphatic heterocycles. The number of thiazole rings is 1. The van der Waals surface area contributed by atoms with E-state index < -0.39 is 15.9 Å². The van der Waals surface area contributed by atoms with Gasteiger partial charge >= 0.3 is 0 Å². The zero-order valence-electron chi connectivity index (χ0n) is 16.3. The molecule has 30 heavy (non-hydrogen) atoms. The van der Waals surface area contributed by atoms with Crippen molar-refractivity contribution in [3.05, 3.63) is 70.0 Å². The van der Waals surface area contributed by atoms with Crippen LogP contribution in [0.3, 0.4) is 0 Å². The fourth-order valence-electron chi connectivity index (χ4n) is 3.16. The number of rotatable bonds is 6. The Bertz CT molecular complexity index is 1300. The molecule has 2 aromatic carbocycles. The van der Waals surface area contributed by atoms with E-state index in [1.807, 2.05) is 22.8 Å². The second-order valence-corrected chi connectivity index (χ2v) is 11.0. The summed E-state index contributed by atoms with van der Waals surface area (Å²) in [7, 11) is -1.94. The van der Waals surface area contributed by atoms with Crippen molar-refractivity contribution in [2.75, 3.05) is 7.05 Å². The van der Waals surface area contributed by atoms with Crippen LogP contribution in [-0.2, 0) is 16.6 Å². The molecule has 1 heterocycles. The first-order valence-corrected chi connectivity index (χ1v) is 12.4. The second kappa shape index (κ2) is 8.22. The SMILES string of the molecule is C=CCn1c(=NC(=O)c2ccc(S(=O)(=O)N(C)C3CC3)cc2)sc2cc(Br)ccc21. The van der Waals surface area contributed by atoms with Gasteiger partial charge < -0.3 is 4.57 Å². The highest BCUT2D eigenvalue weighted by Crippen LogP contribution is 2.30. The first kappa shape index (κ1) is 21.2. The number of nitrogens with zero attached hydrogens (tertiary/aromatic N) is 3. The van der Waals surface area contributed by atoms with Gasteiger partial charge in [-0.05, 0) is 55.3 Å². The molecule has 3 aromatic rings. The van der Waals surface area contributed by atoms with Crippen molar-refractivity contribution in [2.24, 2.45) is 4.99 Å². The topological polar surface area (TPSA) is 71.7 Å². The zero-order chi connectivity index (χ0) is 21.5. The molecule has 1 aromatic heterocycles. The first-order valence-electron chi connectivity index (χ1n) is 9.38. The summed E-state index contributed by atoms with van der Waals surface area (Å²) in [6, 6.07) is 12.0. The van der Waals surface area contributed by atoms with Crippen LogP contribution >= 0.6 is 27.3 Å². The van der Waals surface area contributed by atoms with Crippen LogP contribution in [0.25, 0.3) is 10.2 Å². The number of sulfonamides is 1. The minimum atomic E-state index is -3.54. The van der Waals surface area contributed by atoms with Gasteiger partial charge in [0, 0.05) is 29.7 Å². The van der Waals surface area contributed by atoms with Gasteiger partial charge in [0.05, 0.1) is 15.1 Å². The van der Waals surface area contributed by atoms with Crippen molar-refractivity contribution in [1.82, 2.24) is 8.87 Å². The minimum absolute atomic E-state index is 0.0830. The third kappa shape index (κ3) is 4.07. The Kier molecular flexibility index (Phi) is 5.80. The molecule has 0 spiro atoms. The van der Waals surface area contributed by atoms with Gasteiger partial charge in [-0.1, -0.05) is 33.3 Å². The van der Waals surface area contributed by atoms with Gasteiger partial charge in [0.15, 0.2) is 4.80 Å². The van der Waals surface area contributed by atoms with Gasteiger partial charge in [0.1, 0.15) is 0 Å². The molecule has 1 aliphatic rings. The number of carbonyl (C=O) groups is 1. The number of allylic oxidation sites excluding steroid dienone is 1. The summed E-state index contributed by atoms with van der Waals surface area (Å²) in [5.74, 6) is -0.419. The maximum Gasteiger partial charge on any atom is 0.279 e. The minimum Gasteiger partial charge on any atom is -0.312 e. The number of aromatic nitrogens is 1. The van der Waals surface area contributed by atoms with Crippen LogP contribution in [0.5, 0.6) is 0 Å². The molecule has 0 saturated heterocycles. The van der Waals surface area contributed by atoms with Crippen LogP contribution in [-0.4, -0.2) is 36.3 Å². The van der Waals surface area contributed by atoms with E-state index in [0.29, 0.717) is 16.9 Å². The van der Waals surface area contributed by atoms with Crippen molar-refractivity contribution in [3.63, 3.8) is 0 Å². The van der Waals surface area contributed by atoms with E-state index in [1.54, 1.807) is 13.1 Å². The van der Waals surface area contributed by atoms with Crippen molar-refractivity contribution < 1.29 is 13.2 Å². The van der Waals surface area contributed by atoms with Gasteiger partial charge in [0.2, 0.25) is 10.0 Å². The van der Waals surface area contributed by atoms with E-state index in [0.717, 1.165) is 27.5 Å². The molecule has 1 fully saturated rings. The van der Waals surface area contributed by atoms with Crippen LogP contribution in [0, 0.1) is 0 Å². The normalized spacial score (nSPS) is 15.1. The highest BCUT2D eigenvalue weighted by atomic mass is 79.9. The van der Waals surface area contributed by atoms with E-state index in [9.17, 15) is 13.2 Å². The number of hydrogen-bond donors (Lipinski definition) is 0. The lowest BCUT2D eigenvalue weighted by molar-refractivity contribution is 0.0998. The van der Waals surface area contributed by atoms with Crippen molar-refractivity contribution in [2.45, 2.75) is 30.3 Å². The Labute approximate surface area is 187 Å². The third-order valence-electron chi connectivity index (χ3n) is 4.99. The highest BCUT2D eigenvalue weighted by Gasteiger charge is 2.35. The number of halogens is 1. The standard InChI is InChI=1S/C21H20BrN3O3S2/c1-3-12-25-18-11-6-15(22)13-19(18)29-21(25)23-20(26)14-4-9-17(10-5-14)30(27,28)24(2)16-7-8-16/h3-6,9-11,13,16H,1,7-8,12H2,2H3. The number of fused-ring (bicyclic) bond motifs is 1. The Morgan fingerprint density at radius 2 is 2.00 bits per heavy atom. The quantitative estimate of drug-likeness (QED) is 0.471. The maximum atomic E-state index is 12.8. The number of carbonyl (C=O) groups excluding carboxylic acids is 1. The molecule has 0 radical (unpaired) electrons. The van der Waals surface area contributed by atoms with Gasteiger partial charge in [-0.15, -0.1) is 6.58 Å². The average Bonchev–Trinajstić information content (AvgIpc) is 3.52. The summed E-state index contributed by atoms with van der Waals surface area (Å²) in [5.41, 5.74) is 1.31. The maximum absolute atomic E-state index is 12.8. The van der Waals surface area contributed by atoms with E-state index in [4.69, 9.17) is 0 Å². The van der Waals surface area contributed by atoms with Crippen molar-refractivity contribution in [1.29, 1.82) is 0 Å². The molecule has 6 nitrogen and oxygen atoms in total. The first-order chi connectivity index (χ1) is 14.3. The predicted octanol–water partition coefficient (Wildman–Crippen LogP) is 4.18. The third-order valence-corrected chi connectivity index (χ3v) is 8.45. The Hall–Kier alpha value is -2.07. The van der Waals surface area contributed by atoms with Crippen LogP contribution in [0.1, 0.15) is 23.2 Å². The van der Waals surface area contributed by atoms with Crippen molar-refractivity contribution >= 4 is 53.4 Å². The lowest BCUT2D eigenvalue weighted by atomic mass is 10.2. The number of amides is 1. The molecule has 4 rings (SSSR count). The molecule has 156 valence electrons. The predicted molar refractivity (Wildman–Crippen MR) is 122 cm³/mol. The van der Waals surface area contributed by atoms with Gasteiger partial charge in [-0.25, -0.2) is 8.42 Å². The smallest absolute Gasteiger partial charge is 0.279 e. The molecular weight excluding hydrogens is 486 g/mol. The van der Waals surface area contributed by atoms with E-state index >= 15 is 0 Å². The van der Waals surface area contributed by atoms with E-state index in [2.05, 4.69) is 27.5 Å². The van der Waals surface area contributed by atoms with Crippen LogP contribution in [0.15, 0.2) is 69.5 Å². The van der Waals surface area contributed by atoms with E-state index in [-0.39, 0.29) is 10.9 Å². The Balaban J connectivity index is 1.67. The molecule has 9 heteroatoms. The summed E-state index contributed by atoms with van der Waals surface area (Å²) in [6.45, 7) is 4.32. The fraction of sp³-hybridized carbons (Fsp3) is 0.238. The molecule has 1 amide bonds. The van der Waals surface area contributed by atoms with Crippen LogP contribution in [0.2, 0.25) is 0 Å². The monoisotopic (exact) mass is 505 g/mol. The fourth-order valence-corrected chi connectivity index (χ4v) is 6.16.